The molecule has 0 radical (unpaired) electrons. The highest BCUT2D eigenvalue weighted by atomic mass is 35.5. The van der Waals surface area contributed by atoms with Crippen molar-refractivity contribution in [2.24, 2.45) is 0 Å². The Kier molecular flexibility index (Phi) is 6.98. The van der Waals surface area contributed by atoms with Gasteiger partial charge in [-0.3, -0.25) is 14.5 Å². The molecular weight excluding hydrogens is 292 g/mol. The fourth-order valence-corrected chi connectivity index (χ4v) is 1.93. The summed E-state index contributed by atoms with van der Waals surface area (Å²) in [6.07, 6.45) is 0. The number of carbonyl (C=O) groups is 2. The maximum Gasteiger partial charge on any atom is 0.238 e. The van der Waals surface area contributed by atoms with Crippen molar-refractivity contribution in [1.82, 2.24) is 10.2 Å². The number of nitrogens with two attached hydrogens (primary N) is 1. The van der Waals surface area contributed by atoms with Crippen LogP contribution in [0.4, 0.5) is 11.4 Å². The highest BCUT2D eigenvalue weighted by Gasteiger charge is 2.13. The third-order valence-corrected chi connectivity index (χ3v) is 3.15. The summed E-state index contributed by atoms with van der Waals surface area (Å²) in [5.74, 6) is -0.345. The van der Waals surface area contributed by atoms with E-state index in [9.17, 15) is 9.59 Å². The normalized spacial score (nSPS) is 10.5. The van der Waals surface area contributed by atoms with Gasteiger partial charge in [0.1, 0.15) is 0 Å². The molecule has 0 spiro atoms. The number of likely N-dealkylation sites (N-methyl/N-ethyl adjacent to an activating group) is 2. The van der Waals surface area contributed by atoms with E-state index in [0.29, 0.717) is 29.5 Å². The van der Waals surface area contributed by atoms with Crippen molar-refractivity contribution >= 4 is 34.8 Å². The predicted octanol–water partition coefficient (Wildman–Crippen LogP) is 1.32. The van der Waals surface area contributed by atoms with E-state index in [1.165, 1.54) is 0 Å². The number of hydrogen-bond acceptors (Lipinski definition) is 4. The number of nitrogen functional groups attached to an aromatic ring is 1. The SMILES string of the molecule is CCNC(=O)CN(CC)CC(=O)Nc1cc(N)ccc1Cl. The van der Waals surface area contributed by atoms with Crippen molar-refractivity contribution in [2.45, 2.75) is 13.8 Å². The van der Waals surface area contributed by atoms with Crippen LogP contribution in [0.1, 0.15) is 13.8 Å². The van der Waals surface area contributed by atoms with Crippen LogP contribution < -0.4 is 16.4 Å². The summed E-state index contributed by atoms with van der Waals surface area (Å²) in [5.41, 5.74) is 6.64. The minimum Gasteiger partial charge on any atom is -0.399 e. The van der Waals surface area contributed by atoms with Gasteiger partial charge in [-0.2, -0.15) is 0 Å². The molecule has 0 aliphatic rings. The van der Waals surface area contributed by atoms with Gasteiger partial charge >= 0.3 is 0 Å². The van der Waals surface area contributed by atoms with Gasteiger partial charge in [0.15, 0.2) is 0 Å². The van der Waals surface area contributed by atoms with Crippen LogP contribution in [0.15, 0.2) is 18.2 Å². The standard InChI is InChI=1S/C14H21ClN4O2/c1-3-17-13(20)8-19(4-2)9-14(21)18-12-7-10(16)5-6-11(12)15/h5-7H,3-4,8-9,16H2,1-2H3,(H,17,20)(H,18,21). The Labute approximate surface area is 129 Å². The van der Waals surface area contributed by atoms with E-state index >= 15 is 0 Å². The zero-order valence-electron chi connectivity index (χ0n) is 12.3. The van der Waals surface area contributed by atoms with Gasteiger partial charge in [0.05, 0.1) is 23.8 Å². The van der Waals surface area contributed by atoms with Crippen LogP contribution in [0.25, 0.3) is 0 Å². The Morgan fingerprint density at radius 1 is 1.24 bits per heavy atom. The van der Waals surface area contributed by atoms with Crippen LogP contribution >= 0.6 is 11.6 Å². The number of nitrogens with one attached hydrogen (secondary N) is 2. The van der Waals surface area contributed by atoms with E-state index in [1.807, 2.05) is 13.8 Å². The average Bonchev–Trinajstić information content (AvgIpc) is 2.42. The van der Waals surface area contributed by atoms with Crippen molar-refractivity contribution in [3.05, 3.63) is 23.2 Å². The van der Waals surface area contributed by atoms with Crippen LogP contribution in [0.3, 0.4) is 0 Å². The highest BCUT2D eigenvalue weighted by Crippen LogP contribution is 2.23. The number of hydrogen-bond donors (Lipinski definition) is 3. The van der Waals surface area contributed by atoms with Crippen LogP contribution in [-0.2, 0) is 9.59 Å². The molecule has 0 atom stereocenters. The maximum atomic E-state index is 12.0. The molecule has 2 amide bonds. The van der Waals surface area contributed by atoms with Crippen LogP contribution in [0.2, 0.25) is 5.02 Å². The molecule has 4 N–H and O–H groups in total. The second kappa shape index (κ2) is 8.49. The molecule has 116 valence electrons. The summed E-state index contributed by atoms with van der Waals surface area (Å²) >= 11 is 5.99. The van der Waals surface area contributed by atoms with Crippen LogP contribution in [-0.4, -0.2) is 42.9 Å². The third-order valence-electron chi connectivity index (χ3n) is 2.82. The predicted molar refractivity (Wildman–Crippen MR) is 85.3 cm³/mol. The second-order valence-corrected chi connectivity index (χ2v) is 4.95. The smallest absolute Gasteiger partial charge is 0.238 e. The first-order valence-corrected chi connectivity index (χ1v) is 7.18. The molecule has 0 saturated carbocycles. The van der Waals surface area contributed by atoms with Crippen molar-refractivity contribution in [3.63, 3.8) is 0 Å². The fraction of sp³-hybridized carbons (Fsp3) is 0.429. The monoisotopic (exact) mass is 312 g/mol. The molecule has 1 rings (SSSR count). The van der Waals surface area contributed by atoms with Crippen molar-refractivity contribution < 1.29 is 9.59 Å². The largest absolute Gasteiger partial charge is 0.399 e. The number of halogens is 1. The Morgan fingerprint density at radius 3 is 2.52 bits per heavy atom. The maximum absolute atomic E-state index is 12.0. The third kappa shape index (κ3) is 6.01. The van der Waals surface area contributed by atoms with Gasteiger partial charge < -0.3 is 16.4 Å². The van der Waals surface area contributed by atoms with Crippen LogP contribution in [0.5, 0.6) is 0 Å². The van der Waals surface area contributed by atoms with Crippen LogP contribution in [0, 0.1) is 0 Å². The van der Waals surface area contributed by atoms with Gasteiger partial charge in [-0.05, 0) is 31.7 Å². The number of nitrogens with zero attached hydrogens (tertiary/aromatic N) is 1. The second-order valence-electron chi connectivity index (χ2n) is 4.54. The van der Waals surface area contributed by atoms with Gasteiger partial charge in [-0.15, -0.1) is 0 Å². The first-order valence-electron chi connectivity index (χ1n) is 6.80. The summed E-state index contributed by atoms with van der Waals surface area (Å²) in [4.78, 5) is 25.3. The number of anilines is 2. The minimum atomic E-state index is -0.242. The Bertz CT molecular complexity index is 508. The number of amides is 2. The number of benzene rings is 1. The molecule has 0 unspecified atom stereocenters. The Balaban J connectivity index is 2.58. The molecule has 0 aromatic heterocycles. The Hall–Kier alpha value is -1.79. The zero-order chi connectivity index (χ0) is 15.8. The molecule has 7 heteroatoms. The van der Waals surface area contributed by atoms with Gasteiger partial charge in [-0.1, -0.05) is 18.5 Å². The molecule has 6 nitrogen and oxygen atoms in total. The van der Waals surface area contributed by atoms with Gasteiger partial charge in [0.2, 0.25) is 11.8 Å². The minimum absolute atomic E-state index is 0.103. The van der Waals surface area contributed by atoms with E-state index in [-0.39, 0.29) is 24.9 Å². The number of carbonyl (C=O) groups excluding carboxylic acids is 2. The molecule has 0 aliphatic heterocycles. The lowest BCUT2D eigenvalue weighted by Crippen LogP contribution is -2.41. The van der Waals surface area contributed by atoms with Gasteiger partial charge in [0, 0.05) is 12.2 Å². The molecule has 21 heavy (non-hydrogen) atoms. The number of rotatable bonds is 7. The molecule has 1 aromatic carbocycles. The molecule has 0 fully saturated rings. The van der Waals surface area contributed by atoms with E-state index in [4.69, 9.17) is 17.3 Å². The summed E-state index contributed by atoms with van der Waals surface area (Å²) in [6.45, 7) is 5.20. The van der Waals surface area contributed by atoms with E-state index < -0.39 is 0 Å². The summed E-state index contributed by atoms with van der Waals surface area (Å²) in [6, 6.07) is 4.88. The molecule has 0 aliphatic carbocycles. The quantitative estimate of drug-likeness (QED) is 0.663. The van der Waals surface area contributed by atoms with E-state index in [1.54, 1.807) is 23.1 Å². The molecule has 0 bridgehead atoms. The lowest BCUT2D eigenvalue weighted by atomic mass is 10.3. The Morgan fingerprint density at radius 2 is 1.90 bits per heavy atom. The summed E-state index contributed by atoms with van der Waals surface area (Å²) in [5, 5.41) is 5.82. The molecule has 1 aromatic rings. The first-order chi connectivity index (χ1) is 9.96. The summed E-state index contributed by atoms with van der Waals surface area (Å²) < 4.78 is 0. The average molecular weight is 313 g/mol. The first kappa shape index (κ1) is 17.3. The lowest BCUT2D eigenvalue weighted by molar-refractivity contribution is -0.123. The van der Waals surface area contributed by atoms with Crippen molar-refractivity contribution in [3.8, 4) is 0 Å². The lowest BCUT2D eigenvalue weighted by Gasteiger charge is -2.19. The molecule has 0 saturated heterocycles. The van der Waals surface area contributed by atoms with E-state index in [2.05, 4.69) is 10.6 Å². The summed E-state index contributed by atoms with van der Waals surface area (Å²) in [7, 11) is 0. The van der Waals surface area contributed by atoms with Gasteiger partial charge in [-0.25, -0.2) is 0 Å². The van der Waals surface area contributed by atoms with Crippen molar-refractivity contribution in [1.29, 1.82) is 0 Å². The highest BCUT2D eigenvalue weighted by molar-refractivity contribution is 6.33. The molecule has 0 heterocycles. The van der Waals surface area contributed by atoms with Gasteiger partial charge in [0.25, 0.3) is 0 Å². The zero-order valence-corrected chi connectivity index (χ0v) is 13.0. The topological polar surface area (TPSA) is 87.5 Å². The van der Waals surface area contributed by atoms with E-state index in [0.717, 1.165) is 0 Å². The molecular formula is C14H21ClN4O2. The fourth-order valence-electron chi connectivity index (χ4n) is 1.77. The van der Waals surface area contributed by atoms with Crippen molar-refractivity contribution in [2.75, 3.05) is 37.2 Å².